The number of carbonyl (C=O) groups is 1. The highest BCUT2D eigenvalue weighted by Crippen LogP contribution is 2.47. The number of aliphatic hydroxyl groups is 5. The number of aromatic nitrogens is 5. The van der Waals surface area contributed by atoms with Crippen LogP contribution in [0.5, 0.6) is 0 Å². The Bertz CT molecular complexity index is 2430. The van der Waals surface area contributed by atoms with Crippen LogP contribution in [0.2, 0.25) is 0 Å². The minimum atomic E-state index is -1.55. The fourth-order valence-corrected chi connectivity index (χ4v) is 12.7. The highest BCUT2D eigenvalue weighted by molar-refractivity contribution is 5.70. The average Bonchev–Trinajstić information content (AvgIpc) is 3.94. The molecule has 20 atom stereocenters. The van der Waals surface area contributed by atoms with Crippen LogP contribution in [0.3, 0.4) is 0 Å². The Kier molecular flexibility index (Phi) is 21.5. The molecule has 79 heavy (non-hydrogen) atoms. The molecule has 1 saturated carbocycles. The second-order valence-corrected chi connectivity index (χ2v) is 23.8. The van der Waals surface area contributed by atoms with Crippen LogP contribution < -0.4 is 5.73 Å². The van der Waals surface area contributed by atoms with Gasteiger partial charge in [0.2, 0.25) is 5.95 Å². The maximum absolute atomic E-state index is 13.1. The molecular formula is C58H93N7O14. The number of nitrogens with zero attached hydrogens (tertiary/aromatic N) is 6. The second kappa shape index (κ2) is 26.4. The highest BCUT2D eigenvalue weighted by Gasteiger charge is 2.55. The molecule has 21 nitrogen and oxygen atoms in total. The Labute approximate surface area is 467 Å². The van der Waals surface area contributed by atoms with E-state index in [-0.39, 0.29) is 43.8 Å². The zero-order valence-corrected chi connectivity index (χ0v) is 49.1. The van der Waals surface area contributed by atoms with E-state index in [2.05, 4.69) is 38.7 Å². The van der Waals surface area contributed by atoms with Gasteiger partial charge in [0.05, 0.1) is 70.6 Å². The summed E-state index contributed by atoms with van der Waals surface area (Å²) >= 11 is 0. The number of aliphatic carboxylic acids is 1. The van der Waals surface area contributed by atoms with Gasteiger partial charge in [0.1, 0.15) is 18.3 Å². The van der Waals surface area contributed by atoms with Crippen molar-refractivity contribution in [3.8, 4) is 11.1 Å². The van der Waals surface area contributed by atoms with Crippen molar-refractivity contribution >= 4 is 11.9 Å². The Morgan fingerprint density at radius 3 is 2.25 bits per heavy atom. The van der Waals surface area contributed by atoms with E-state index in [4.69, 9.17) is 38.9 Å². The molecule has 3 fully saturated rings. The number of anilines is 1. The lowest BCUT2D eigenvalue weighted by atomic mass is 9.64. The number of benzene rings is 1. The standard InChI is InChI=1S/C58H93N7O14/c1-16-43(48(73-13)40-19-17-39(18-20-40)41-29-60-54(59)61-30-41)65-31-42(62-63-65)22-24-64(12)44-25-34(4)76-53(46(44)66)79-51(35(5)47(36(6)52(69)70)78-45-28-56(10,74-14)50(68)38(8)77-45)57(11,75-15)27-33(3)58(72)23-21-32(2)26-55(9,71)49(67)37(58)7/h17-20,29-31,33-38,43-51,53,66-68,71-72H,2,16,21-28H2,1,3-15H3,(H,69,70)(H2,59,60,61)/t33-,34-,35+,36?,37?,38?,43-,44+,45+,46-,47+,48?,49-,50+,51-,53?,55-,56-,57-,58+/m1/s1. The molecule has 1 aliphatic carbocycles. The monoisotopic (exact) mass is 1110 g/mol. The highest BCUT2D eigenvalue weighted by atomic mass is 16.7. The molecule has 6 rings (SSSR count). The number of carboxylic acids is 1. The Hall–Kier alpha value is -4.07. The van der Waals surface area contributed by atoms with E-state index < -0.39 is 113 Å². The quantitative estimate of drug-likeness (QED) is 0.0532. The molecule has 2 aromatic heterocycles. The van der Waals surface area contributed by atoms with E-state index in [1.807, 2.05) is 63.0 Å². The third-order valence-electron chi connectivity index (χ3n) is 18.0. The van der Waals surface area contributed by atoms with Crippen LogP contribution in [-0.4, -0.2) is 185 Å². The van der Waals surface area contributed by atoms with Crippen molar-refractivity contribution in [2.45, 2.75) is 217 Å². The lowest BCUT2D eigenvalue weighted by Crippen LogP contribution is -2.62. The molecule has 4 heterocycles. The molecule has 21 heteroatoms. The summed E-state index contributed by atoms with van der Waals surface area (Å²) in [7, 11) is 6.61. The molecule has 8 N–H and O–H groups in total. The van der Waals surface area contributed by atoms with Gasteiger partial charge in [-0.2, -0.15) is 0 Å². The summed E-state index contributed by atoms with van der Waals surface area (Å²) in [5.41, 5.74) is 4.34. The number of likely N-dealkylation sites (N-methyl/N-ethyl adjacent to an activating group) is 1. The minimum absolute atomic E-state index is 0.0773. The van der Waals surface area contributed by atoms with Gasteiger partial charge in [0.15, 0.2) is 12.6 Å². The normalized spacial score (nSPS) is 33.4. The van der Waals surface area contributed by atoms with Crippen LogP contribution in [0, 0.1) is 23.7 Å². The lowest BCUT2D eigenvalue weighted by Gasteiger charge is -2.52. The smallest absolute Gasteiger partial charge is 0.308 e. The predicted molar refractivity (Wildman–Crippen MR) is 295 cm³/mol. The molecule has 2 aliphatic heterocycles. The van der Waals surface area contributed by atoms with Gasteiger partial charge in [0, 0.05) is 82.7 Å². The zero-order chi connectivity index (χ0) is 58.5. The first-order valence-corrected chi connectivity index (χ1v) is 28.0. The zero-order valence-electron chi connectivity index (χ0n) is 49.1. The largest absolute Gasteiger partial charge is 0.481 e. The molecule has 3 aliphatic rings. The Balaban J connectivity index is 1.26. The number of hydrogen-bond acceptors (Lipinski definition) is 19. The van der Waals surface area contributed by atoms with E-state index in [1.54, 1.807) is 54.1 Å². The number of nitrogens with two attached hydrogens (primary N) is 1. The van der Waals surface area contributed by atoms with Gasteiger partial charge < -0.3 is 74.4 Å². The number of methoxy groups -OCH3 is 3. The van der Waals surface area contributed by atoms with Gasteiger partial charge in [-0.3, -0.25) is 4.79 Å². The molecule has 5 unspecified atom stereocenters. The summed E-state index contributed by atoms with van der Waals surface area (Å²) in [5, 5.41) is 79.1. The number of ether oxygens (including phenoxy) is 7. The van der Waals surface area contributed by atoms with Crippen LogP contribution in [-0.2, 0) is 44.4 Å². The SMILES string of the molecule is C=C1CC[C@](O)([C@H](C)C[C@@](C)(OC)[C@H](OC2O[C@H](C)C[C@H](N(C)CCc3cn([C@H](CC)C(OC)c4ccc(-c5cnc(N)nc5)cc4)nn3)[C@H]2O)[C@@H](C)[C@H](O[C@H]2C[C@@](C)(OC)[C@@H](O)C(C)O2)C(C)C(=O)O)C(C)[C@@H](O)[C@](C)(O)C1. The summed E-state index contributed by atoms with van der Waals surface area (Å²) in [6.45, 7) is 22.3. The van der Waals surface area contributed by atoms with E-state index in [0.717, 1.165) is 22.4 Å². The minimum Gasteiger partial charge on any atom is -0.481 e. The summed E-state index contributed by atoms with van der Waals surface area (Å²) in [5.74, 6) is -4.37. The summed E-state index contributed by atoms with van der Waals surface area (Å²) in [4.78, 5) is 23.4. The first-order chi connectivity index (χ1) is 37.1. The summed E-state index contributed by atoms with van der Waals surface area (Å²) in [6, 6.07) is 7.39. The van der Waals surface area contributed by atoms with E-state index in [0.29, 0.717) is 37.8 Å². The molecule has 0 amide bonds. The maximum Gasteiger partial charge on any atom is 0.308 e. The molecular weight excluding hydrogens is 1020 g/mol. The summed E-state index contributed by atoms with van der Waals surface area (Å²) in [6.07, 6.45) is -1.55. The van der Waals surface area contributed by atoms with E-state index in [1.165, 1.54) is 21.1 Å². The number of aliphatic hydroxyl groups excluding tert-OH is 3. The van der Waals surface area contributed by atoms with Crippen molar-refractivity contribution in [1.29, 1.82) is 0 Å². The van der Waals surface area contributed by atoms with Crippen LogP contribution in [0.15, 0.2) is 55.0 Å². The average molecular weight is 1110 g/mol. The number of carboxylic acid groups (broad SMARTS) is 1. The van der Waals surface area contributed by atoms with Gasteiger partial charge in [-0.15, -0.1) is 5.10 Å². The topological polar surface area (TPSA) is 289 Å². The van der Waals surface area contributed by atoms with E-state index >= 15 is 0 Å². The van der Waals surface area contributed by atoms with Crippen molar-refractivity contribution in [2.75, 3.05) is 40.7 Å². The fraction of sp³-hybridized carbons (Fsp3) is 0.741. The molecule has 3 aromatic rings. The lowest BCUT2D eigenvalue weighted by molar-refractivity contribution is -0.320. The predicted octanol–water partition coefficient (Wildman–Crippen LogP) is 5.67. The van der Waals surface area contributed by atoms with Crippen LogP contribution in [0.25, 0.3) is 11.1 Å². The number of nitrogen functional groups attached to an aromatic ring is 1. The first-order valence-electron chi connectivity index (χ1n) is 28.0. The Morgan fingerprint density at radius 2 is 1.66 bits per heavy atom. The molecule has 0 bridgehead atoms. The van der Waals surface area contributed by atoms with Crippen molar-refractivity contribution in [3.05, 3.63) is 66.3 Å². The van der Waals surface area contributed by atoms with Gasteiger partial charge in [-0.1, -0.05) is 69.3 Å². The first kappa shape index (κ1) is 64.1. The van der Waals surface area contributed by atoms with Gasteiger partial charge in [0.25, 0.3) is 0 Å². The van der Waals surface area contributed by atoms with Gasteiger partial charge >= 0.3 is 5.97 Å². The van der Waals surface area contributed by atoms with Crippen molar-refractivity contribution in [1.82, 2.24) is 29.9 Å². The molecule has 0 spiro atoms. The maximum atomic E-state index is 13.1. The van der Waals surface area contributed by atoms with Crippen molar-refractivity contribution in [3.63, 3.8) is 0 Å². The molecule has 444 valence electrons. The van der Waals surface area contributed by atoms with Gasteiger partial charge in [-0.25, -0.2) is 14.6 Å². The third-order valence-corrected chi connectivity index (χ3v) is 18.0. The van der Waals surface area contributed by atoms with E-state index in [9.17, 15) is 35.4 Å². The Morgan fingerprint density at radius 1 is 1.00 bits per heavy atom. The molecule has 2 saturated heterocycles. The number of rotatable bonds is 24. The summed E-state index contributed by atoms with van der Waals surface area (Å²) < 4.78 is 46.7. The second-order valence-electron chi connectivity index (χ2n) is 23.8. The van der Waals surface area contributed by atoms with Gasteiger partial charge in [-0.05, 0) is 104 Å². The van der Waals surface area contributed by atoms with Crippen LogP contribution >= 0.6 is 0 Å². The number of hydrogen-bond donors (Lipinski definition) is 7. The van der Waals surface area contributed by atoms with Crippen LogP contribution in [0.4, 0.5) is 5.95 Å². The molecule has 1 aromatic carbocycles. The van der Waals surface area contributed by atoms with Crippen LogP contribution in [0.1, 0.15) is 138 Å². The fourth-order valence-electron chi connectivity index (χ4n) is 12.7. The van der Waals surface area contributed by atoms with Crippen molar-refractivity contribution < 1.29 is 68.6 Å². The van der Waals surface area contributed by atoms with Crippen molar-refractivity contribution in [2.24, 2.45) is 23.7 Å². The molecule has 0 radical (unpaired) electrons. The third kappa shape index (κ3) is 14.4.